The zero-order valence-corrected chi connectivity index (χ0v) is 16.9. The smallest absolute Gasteiger partial charge is 0.337 e. The SMILES string of the molecule is C=c1[nH]n(-c2ccc(Cl)c(C(=O)O)c2)c(=O)c1=Cc1ccc2c(c1)n(C)c(=O)n2C. The fourth-order valence-electron chi connectivity index (χ4n) is 3.42. The van der Waals surface area contributed by atoms with E-state index < -0.39 is 5.97 Å². The lowest BCUT2D eigenvalue weighted by Gasteiger charge is -2.04. The van der Waals surface area contributed by atoms with Crippen molar-refractivity contribution < 1.29 is 9.90 Å². The lowest BCUT2D eigenvalue weighted by molar-refractivity contribution is 0.0697. The molecule has 0 aliphatic rings. The molecule has 8 nitrogen and oxygen atoms in total. The molecule has 2 aromatic heterocycles. The number of aromatic nitrogens is 4. The van der Waals surface area contributed by atoms with E-state index in [1.165, 1.54) is 21.4 Å². The number of carbonyl (C=O) groups is 1. The van der Waals surface area contributed by atoms with E-state index in [-0.39, 0.29) is 21.8 Å². The lowest BCUT2D eigenvalue weighted by Crippen LogP contribution is -2.34. The molecule has 0 saturated heterocycles. The maximum atomic E-state index is 13.0. The van der Waals surface area contributed by atoms with Gasteiger partial charge in [-0.1, -0.05) is 24.2 Å². The fourth-order valence-corrected chi connectivity index (χ4v) is 3.62. The Hall–Kier alpha value is -3.78. The second-order valence-corrected chi connectivity index (χ2v) is 7.31. The number of benzene rings is 2. The van der Waals surface area contributed by atoms with E-state index in [1.54, 1.807) is 30.8 Å². The predicted molar refractivity (Wildman–Crippen MR) is 115 cm³/mol. The second kappa shape index (κ2) is 6.93. The number of H-pyrrole nitrogens is 1. The van der Waals surface area contributed by atoms with Gasteiger partial charge in [0.25, 0.3) is 5.56 Å². The summed E-state index contributed by atoms with van der Waals surface area (Å²) in [7, 11) is 3.38. The van der Waals surface area contributed by atoms with E-state index in [4.69, 9.17) is 11.6 Å². The van der Waals surface area contributed by atoms with Crippen molar-refractivity contribution in [3.8, 4) is 5.69 Å². The average Bonchev–Trinajstić information content (AvgIpc) is 3.11. The highest BCUT2D eigenvalue weighted by molar-refractivity contribution is 6.33. The van der Waals surface area contributed by atoms with Crippen molar-refractivity contribution in [3.05, 3.63) is 84.0 Å². The number of rotatable bonds is 3. The maximum absolute atomic E-state index is 13.0. The predicted octanol–water partition coefficient (Wildman–Crippen LogP) is 0.947. The van der Waals surface area contributed by atoms with Gasteiger partial charge in [0.15, 0.2) is 0 Å². The summed E-state index contributed by atoms with van der Waals surface area (Å²) in [6, 6.07) is 9.72. The maximum Gasteiger partial charge on any atom is 0.337 e. The molecule has 2 N–H and O–H groups in total. The molecule has 0 fully saturated rings. The standard InChI is InChI=1S/C21H17ClN4O4/c1-11-14(8-12-4-7-17-18(9-12)25(3)21(30)24(17)2)19(27)26(23-11)13-5-6-16(22)15(10-13)20(28)29/h4-10,23H,1H2,2-3H3,(H,28,29). The van der Waals surface area contributed by atoms with Crippen LogP contribution in [0.5, 0.6) is 0 Å². The number of aromatic carboxylic acids is 1. The van der Waals surface area contributed by atoms with Crippen LogP contribution in [0.1, 0.15) is 15.9 Å². The molecule has 152 valence electrons. The monoisotopic (exact) mass is 424 g/mol. The van der Waals surface area contributed by atoms with Crippen LogP contribution in [-0.2, 0) is 14.1 Å². The van der Waals surface area contributed by atoms with Crippen LogP contribution in [-0.4, -0.2) is 30.0 Å². The van der Waals surface area contributed by atoms with E-state index in [1.807, 2.05) is 18.2 Å². The Labute approximate surface area is 174 Å². The fraction of sp³-hybridized carbons (Fsp3) is 0.0952. The third kappa shape index (κ3) is 2.98. The molecule has 4 rings (SSSR count). The van der Waals surface area contributed by atoms with Crippen LogP contribution in [0.4, 0.5) is 0 Å². The Morgan fingerprint density at radius 2 is 1.80 bits per heavy atom. The van der Waals surface area contributed by atoms with Gasteiger partial charge in [0.2, 0.25) is 0 Å². The van der Waals surface area contributed by atoms with Gasteiger partial charge in [-0.05, 0) is 42.0 Å². The number of hydrogen-bond acceptors (Lipinski definition) is 3. The number of imidazole rings is 1. The van der Waals surface area contributed by atoms with Crippen molar-refractivity contribution in [2.24, 2.45) is 14.1 Å². The average molecular weight is 425 g/mol. The van der Waals surface area contributed by atoms with Gasteiger partial charge in [-0.2, -0.15) is 0 Å². The minimum Gasteiger partial charge on any atom is -0.478 e. The third-order valence-electron chi connectivity index (χ3n) is 5.05. The van der Waals surface area contributed by atoms with Gasteiger partial charge in [-0.3, -0.25) is 19.0 Å². The molecule has 0 aliphatic heterocycles. The minimum absolute atomic E-state index is 0.0780. The van der Waals surface area contributed by atoms with Crippen LogP contribution < -0.4 is 21.8 Å². The molecule has 2 heterocycles. The number of fused-ring (bicyclic) bond motifs is 1. The molecule has 0 aliphatic carbocycles. The van der Waals surface area contributed by atoms with Gasteiger partial charge < -0.3 is 5.11 Å². The Morgan fingerprint density at radius 3 is 2.50 bits per heavy atom. The molecule has 30 heavy (non-hydrogen) atoms. The molecular formula is C21H17ClN4O4. The summed E-state index contributed by atoms with van der Waals surface area (Å²) in [4.78, 5) is 36.4. The molecule has 0 bridgehead atoms. The number of hydrogen-bond donors (Lipinski definition) is 2. The van der Waals surface area contributed by atoms with Crippen molar-refractivity contribution in [2.45, 2.75) is 0 Å². The Kier molecular flexibility index (Phi) is 4.51. The summed E-state index contributed by atoms with van der Waals surface area (Å²) in [5.41, 5.74) is 1.93. The summed E-state index contributed by atoms with van der Waals surface area (Å²) >= 11 is 5.91. The zero-order chi connectivity index (χ0) is 21.7. The Morgan fingerprint density at radius 1 is 1.10 bits per heavy atom. The van der Waals surface area contributed by atoms with Crippen LogP contribution in [0.3, 0.4) is 0 Å². The number of nitrogens with one attached hydrogen (secondary N) is 1. The first kappa shape index (κ1) is 19.5. The highest BCUT2D eigenvalue weighted by Crippen LogP contribution is 2.19. The molecular weight excluding hydrogens is 408 g/mol. The number of nitrogens with zero attached hydrogens (tertiary/aromatic N) is 3. The zero-order valence-electron chi connectivity index (χ0n) is 16.1. The van der Waals surface area contributed by atoms with Crippen LogP contribution in [0.15, 0.2) is 46.0 Å². The summed E-state index contributed by atoms with van der Waals surface area (Å²) in [6.07, 6.45) is 1.67. The largest absolute Gasteiger partial charge is 0.478 e. The highest BCUT2D eigenvalue weighted by atomic mass is 35.5. The van der Waals surface area contributed by atoms with Gasteiger partial charge >= 0.3 is 11.7 Å². The Bertz CT molecular complexity index is 1570. The van der Waals surface area contributed by atoms with Crippen molar-refractivity contribution in [1.29, 1.82) is 0 Å². The summed E-state index contributed by atoms with van der Waals surface area (Å²) in [5.74, 6) is -1.19. The van der Waals surface area contributed by atoms with E-state index >= 15 is 0 Å². The van der Waals surface area contributed by atoms with Crippen molar-refractivity contribution >= 4 is 41.3 Å². The first-order valence-electron chi connectivity index (χ1n) is 8.89. The normalized spacial score (nSPS) is 12.0. The second-order valence-electron chi connectivity index (χ2n) is 6.91. The number of aromatic amines is 1. The van der Waals surface area contributed by atoms with Crippen LogP contribution >= 0.6 is 11.6 Å². The van der Waals surface area contributed by atoms with Crippen molar-refractivity contribution in [3.63, 3.8) is 0 Å². The molecule has 0 spiro atoms. The molecule has 0 saturated carbocycles. The van der Waals surface area contributed by atoms with Gasteiger partial charge in [0, 0.05) is 14.1 Å². The van der Waals surface area contributed by atoms with Crippen molar-refractivity contribution in [1.82, 2.24) is 18.9 Å². The van der Waals surface area contributed by atoms with Gasteiger partial charge in [-0.25, -0.2) is 14.3 Å². The van der Waals surface area contributed by atoms with Crippen LogP contribution in [0.2, 0.25) is 5.02 Å². The first-order valence-corrected chi connectivity index (χ1v) is 9.27. The summed E-state index contributed by atoms with van der Waals surface area (Å²) in [6.45, 7) is 3.89. The minimum atomic E-state index is -1.19. The molecule has 0 radical (unpaired) electrons. The van der Waals surface area contributed by atoms with Gasteiger partial charge in [0.1, 0.15) is 0 Å². The molecule has 4 aromatic rings. The molecule has 0 amide bonds. The number of carboxylic acid groups (broad SMARTS) is 1. The van der Waals surface area contributed by atoms with E-state index in [9.17, 15) is 19.5 Å². The summed E-state index contributed by atoms with van der Waals surface area (Å²) in [5, 5.41) is 12.9. The van der Waals surface area contributed by atoms with E-state index in [0.29, 0.717) is 16.3 Å². The first-order chi connectivity index (χ1) is 14.2. The van der Waals surface area contributed by atoms with Crippen LogP contribution in [0.25, 0.3) is 29.4 Å². The quantitative estimate of drug-likeness (QED) is 0.511. The van der Waals surface area contributed by atoms with Gasteiger partial charge in [-0.15, -0.1) is 0 Å². The van der Waals surface area contributed by atoms with E-state index in [0.717, 1.165) is 16.6 Å². The number of halogens is 1. The molecule has 2 aromatic carbocycles. The number of carboxylic acids is 1. The van der Waals surface area contributed by atoms with Crippen molar-refractivity contribution in [2.75, 3.05) is 0 Å². The third-order valence-corrected chi connectivity index (χ3v) is 5.38. The van der Waals surface area contributed by atoms with Crippen LogP contribution in [0, 0.1) is 0 Å². The van der Waals surface area contributed by atoms with E-state index in [2.05, 4.69) is 11.7 Å². The Balaban J connectivity index is 1.89. The number of aryl methyl sites for hydroxylation is 2. The summed E-state index contributed by atoms with van der Waals surface area (Å²) < 4.78 is 4.30. The molecule has 9 heteroatoms. The molecule has 0 unspecified atom stereocenters. The molecule has 0 atom stereocenters. The topological polar surface area (TPSA) is 102 Å². The lowest BCUT2D eigenvalue weighted by atomic mass is 10.1. The van der Waals surface area contributed by atoms with Gasteiger partial charge in [0.05, 0.1) is 37.9 Å². The highest BCUT2D eigenvalue weighted by Gasteiger charge is 2.13.